The SMILES string of the molecule is COc1ccc(OC)c(/C=N/NC(=O)CSc2nc3ccccc3c(=O)n2-c2ccccc2C)c1. The molecule has 3 aromatic carbocycles. The van der Waals surface area contributed by atoms with E-state index in [4.69, 9.17) is 9.47 Å². The number of carbonyl (C=O) groups is 1. The molecule has 0 radical (unpaired) electrons. The number of nitrogens with zero attached hydrogens (tertiary/aromatic N) is 3. The maximum Gasteiger partial charge on any atom is 0.266 e. The van der Waals surface area contributed by atoms with Gasteiger partial charge in [0.15, 0.2) is 5.16 Å². The van der Waals surface area contributed by atoms with Crippen molar-refractivity contribution in [2.24, 2.45) is 5.10 Å². The van der Waals surface area contributed by atoms with Crippen molar-refractivity contribution >= 4 is 34.8 Å². The van der Waals surface area contributed by atoms with Gasteiger partial charge < -0.3 is 9.47 Å². The Balaban J connectivity index is 1.56. The highest BCUT2D eigenvalue weighted by Crippen LogP contribution is 2.24. The van der Waals surface area contributed by atoms with E-state index in [9.17, 15) is 9.59 Å². The van der Waals surface area contributed by atoms with Crippen LogP contribution in [0.15, 0.2) is 81.8 Å². The van der Waals surface area contributed by atoms with Gasteiger partial charge in [-0.05, 0) is 48.9 Å². The average molecular weight is 489 g/mol. The molecule has 1 N–H and O–H groups in total. The second-order valence-corrected chi connectivity index (χ2v) is 8.47. The predicted molar refractivity (Wildman–Crippen MR) is 138 cm³/mol. The number of aryl methyl sites for hydroxylation is 1. The van der Waals surface area contributed by atoms with Crippen LogP contribution >= 0.6 is 11.8 Å². The van der Waals surface area contributed by atoms with E-state index in [0.717, 1.165) is 11.3 Å². The number of hydrazone groups is 1. The number of thioether (sulfide) groups is 1. The molecule has 0 saturated carbocycles. The molecule has 178 valence electrons. The largest absolute Gasteiger partial charge is 0.497 e. The first-order chi connectivity index (χ1) is 17.0. The number of methoxy groups -OCH3 is 2. The van der Waals surface area contributed by atoms with E-state index in [-0.39, 0.29) is 17.2 Å². The van der Waals surface area contributed by atoms with Crippen molar-refractivity contribution in [3.63, 3.8) is 0 Å². The molecule has 0 aliphatic carbocycles. The van der Waals surface area contributed by atoms with Gasteiger partial charge in [0.05, 0.1) is 42.8 Å². The fraction of sp³-hybridized carbons (Fsp3) is 0.154. The fourth-order valence-corrected chi connectivity index (χ4v) is 4.31. The smallest absolute Gasteiger partial charge is 0.266 e. The minimum Gasteiger partial charge on any atom is -0.497 e. The monoisotopic (exact) mass is 488 g/mol. The summed E-state index contributed by atoms with van der Waals surface area (Å²) in [5, 5.41) is 4.98. The summed E-state index contributed by atoms with van der Waals surface area (Å²) in [5.74, 6) is 0.918. The van der Waals surface area contributed by atoms with Gasteiger partial charge in [0.2, 0.25) is 0 Å². The molecule has 35 heavy (non-hydrogen) atoms. The highest BCUT2D eigenvalue weighted by molar-refractivity contribution is 7.99. The minimum absolute atomic E-state index is 0.0171. The van der Waals surface area contributed by atoms with E-state index in [1.807, 2.05) is 43.3 Å². The summed E-state index contributed by atoms with van der Waals surface area (Å²) in [7, 11) is 3.12. The molecule has 0 bridgehead atoms. The number of aromatic nitrogens is 2. The van der Waals surface area contributed by atoms with Crippen molar-refractivity contribution in [3.8, 4) is 17.2 Å². The Hall–Kier alpha value is -4.11. The van der Waals surface area contributed by atoms with Crippen molar-refractivity contribution in [1.29, 1.82) is 0 Å². The lowest BCUT2D eigenvalue weighted by Crippen LogP contribution is -2.24. The van der Waals surface area contributed by atoms with Crippen LogP contribution in [0.25, 0.3) is 16.6 Å². The quantitative estimate of drug-likeness (QED) is 0.175. The molecule has 9 heteroatoms. The number of hydrogen-bond donors (Lipinski definition) is 1. The van der Waals surface area contributed by atoms with E-state index in [2.05, 4.69) is 15.5 Å². The molecule has 1 heterocycles. The number of para-hydroxylation sites is 2. The zero-order chi connectivity index (χ0) is 24.8. The minimum atomic E-state index is -0.341. The highest BCUT2D eigenvalue weighted by Gasteiger charge is 2.16. The summed E-state index contributed by atoms with van der Waals surface area (Å²) in [6.45, 7) is 1.93. The number of fused-ring (bicyclic) bond motifs is 1. The maximum absolute atomic E-state index is 13.4. The Morgan fingerprint density at radius 3 is 2.63 bits per heavy atom. The lowest BCUT2D eigenvalue weighted by atomic mass is 10.2. The van der Waals surface area contributed by atoms with Gasteiger partial charge in [0.1, 0.15) is 11.5 Å². The summed E-state index contributed by atoms with van der Waals surface area (Å²) in [6.07, 6.45) is 1.49. The molecular weight excluding hydrogens is 464 g/mol. The number of rotatable bonds is 8. The molecule has 0 spiro atoms. The molecule has 8 nitrogen and oxygen atoms in total. The number of hydrogen-bond acceptors (Lipinski definition) is 7. The van der Waals surface area contributed by atoms with Gasteiger partial charge in [-0.15, -0.1) is 0 Å². The van der Waals surface area contributed by atoms with E-state index < -0.39 is 0 Å². The molecule has 0 aliphatic rings. The van der Waals surface area contributed by atoms with E-state index in [1.54, 1.807) is 49.1 Å². The Morgan fingerprint density at radius 1 is 1.09 bits per heavy atom. The van der Waals surface area contributed by atoms with Crippen LogP contribution in [0.5, 0.6) is 11.5 Å². The Morgan fingerprint density at radius 2 is 1.86 bits per heavy atom. The topological polar surface area (TPSA) is 94.8 Å². The van der Waals surface area contributed by atoms with Crippen molar-refractivity contribution in [3.05, 3.63) is 88.2 Å². The molecule has 0 atom stereocenters. The normalized spacial score (nSPS) is 11.1. The second kappa shape index (κ2) is 10.9. The van der Waals surface area contributed by atoms with Crippen LogP contribution in [-0.4, -0.2) is 41.6 Å². The predicted octanol–water partition coefficient (Wildman–Crippen LogP) is 3.95. The van der Waals surface area contributed by atoms with Crippen LogP contribution in [0.1, 0.15) is 11.1 Å². The third-order valence-electron chi connectivity index (χ3n) is 5.26. The van der Waals surface area contributed by atoms with E-state index >= 15 is 0 Å². The molecule has 1 aromatic heterocycles. The van der Waals surface area contributed by atoms with Crippen LogP contribution in [0.2, 0.25) is 0 Å². The summed E-state index contributed by atoms with van der Waals surface area (Å²) in [5.41, 5.74) is 5.21. The first-order valence-corrected chi connectivity index (χ1v) is 11.7. The van der Waals surface area contributed by atoms with Gasteiger partial charge in [-0.2, -0.15) is 5.10 Å². The first kappa shape index (κ1) is 24.0. The summed E-state index contributed by atoms with van der Waals surface area (Å²) in [4.78, 5) is 30.6. The summed E-state index contributed by atoms with van der Waals surface area (Å²) < 4.78 is 12.1. The number of nitrogens with one attached hydrogen (secondary N) is 1. The van der Waals surface area contributed by atoms with E-state index in [1.165, 1.54) is 18.0 Å². The number of ether oxygens (including phenoxy) is 2. The molecule has 0 saturated heterocycles. The number of amides is 1. The zero-order valence-corrected chi connectivity index (χ0v) is 20.3. The third kappa shape index (κ3) is 5.36. The maximum atomic E-state index is 13.4. The summed E-state index contributed by atoms with van der Waals surface area (Å²) >= 11 is 1.17. The van der Waals surface area contributed by atoms with Crippen molar-refractivity contribution in [2.75, 3.05) is 20.0 Å². The lowest BCUT2D eigenvalue weighted by molar-refractivity contribution is -0.118. The van der Waals surface area contributed by atoms with Gasteiger partial charge in [0, 0.05) is 5.56 Å². The molecule has 4 aromatic rings. The molecule has 4 rings (SSSR count). The Kier molecular flexibility index (Phi) is 7.47. The van der Waals surface area contributed by atoms with Crippen LogP contribution in [0.4, 0.5) is 0 Å². The van der Waals surface area contributed by atoms with E-state index in [0.29, 0.717) is 33.1 Å². The van der Waals surface area contributed by atoms with Gasteiger partial charge >= 0.3 is 0 Å². The average Bonchev–Trinajstić information content (AvgIpc) is 2.88. The Labute approximate surface area is 206 Å². The van der Waals surface area contributed by atoms with Gasteiger partial charge in [-0.1, -0.05) is 42.1 Å². The van der Waals surface area contributed by atoms with Gasteiger partial charge in [-0.3, -0.25) is 14.2 Å². The first-order valence-electron chi connectivity index (χ1n) is 10.8. The van der Waals surface area contributed by atoms with Crippen LogP contribution in [0, 0.1) is 6.92 Å². The standard InChI is InChI=1S/C26H24N4O4S/c1-17-8-4-7-11-22(17)30-25(32)20-9-5-6-10-21(20)28-26(30)35-16-24(31)29-27-15-18-14-19(33-2)12-13-23(18)34-3/h4-15H,16H2,1-3H3,(H,29,31)/b27-15+. The van der Waals surface area contributed by atoms with Crippen LogP contribution in [0.3, 0.4) is 0 Å². The zero-order valence-electron chi connectivity index (χ0n) is 19.5. The summed E-state index contributed by atoms with van der Waals surface area (Å²) in [6, 6.07) is 20.0. The van der Waals surface area contributed by atoms with Crippen LogP contribution < -0.4 is 20.5 Å². The van der Waals surface area contributed by atoms with Crippen molar-refractivity contribution in [2.45, 2.75) is 12.1 Å². The molecule has 0 fully saturated rings. The van der Waals surface area contributed by atoms with Gasteiger partial charge in [-0.25, -0.2) is 10.4 Å². The number of benzene rings is 3. The fourth-order valence-electron chi connectivity index (χ4n) is 3.51. The van der Waals surface area contributed by atoms with Crippen molar-refractivity contribution < 1.29 is 14.3 Å². The Bertz CT molecular complexity index is 1470. The highest BCUT2D eigenvalue weighted by atomic mass is 32.2. The molecule has 0 unspecified atom stereocenters. The third-order valence-corrected chi connectivity index (χ3v) is 6.20. The second-order valence-electron chi connectivity index (χ2n) is 7.53. The number of carbonyl (C=O) groups excluding carboxylic acids is 1. The lowest BCUT2D eigenvalue weighted by Gasteiger charge is -2.14. The molecule has 0 aliphatic heterocycles. The van der Waals surface area contributed by atoms with Crippen molar-refractivity contribution in [1.82, 2.24) is 15.0 Å². The van der Waals surface area contributed by atoms with Crippen LogP contribution in [-0.2, 0) is 4.79 Å². The molecular formula is C26H24N4O4S. The molecule has 1 amide bonds. The van der Waals surface area contributed by atoms with Gasteiger partial charge in [0.25, 0.3) is 11.5 Å².